The van der Waals surface area contributed by atoms with Crippen LogP contribution in [0, 0.1) is 0 Å². The largest absolute Gasteiger partial charge is 0.394 e. The molecule has 0 aromatic rings. The van der Waals surface area contributed by atoms with Crippen LogP contribution in [0.25, 0.3) is 0 Å². The van der Waals surface area contributed by atoms with Crippen molar-refractivity contribution in [2.75, 3.05) is 38.4 Å². The Bertz CT molecular complexity index is 138. The summed E-state index contributed by atoms with van der Waals surface area (Å²) in [5.41, 5.74) is -0.0240. The smallest absolute Gasteiger partial charge is 0.0613 e. The molecule has 0 unspecified atom stereocenters. The zero-order valence-corrected chi connectivity index (χ0v) is 9.03. The molecule has 1 heterocycles. The topological polar surface area (TPSA) is 41.5 Å². The highest BCUT2D eigenvalue weighted by Crippen LogP contribution is 2.26. The van der Waals surface area contributed by atoms with E-state index >= 15 is 0 Å². The summed E-state index contributed by atoms with van der Waals surface area (Å²) < 4.78 is 4.97. The molecule has 0 spiro atoms. The van der Waals surface area contributed by atoms with Crippen LogP contribution in [0.4, 0.5) is 0 Å². The van der Waals surface area contributed by atoms with Crippen LogP contribution in [0.5, 0.6) is 0 Å². The first-order valence-corrected chi connectivity index (χ1v) is 5.91. The summed E-state index contributed by atoms with van der Waals surface area (Å²) in [5, 5.41) is 12.7. The van der Waals surface area contributed by atoms with Crippen LogP contribution in [0.15, 0.2) is 0 Å². The first-order valence-electron chi connectivity index (χ1n) is 4.75. The average molecular weight is 205 g/mol. The van der Waals surface area contributed by atoms with Crippen LogP contribution in [0.1, 0.15) is 12.8 Å². The van der Waals surface area contributed by atoms with Gasteiger partial charge in [-0.15, -0.1) is 0 Å². The fourth-order valence-corrected chi connectivity index (χ4v) is 2.85. The maximum Gasteiger partial charge on any atom is 0.0613 e. The molecule has 0 radical (unpaired) electrons. The van der Waals surface area contributed by atoms with Crippen molar-refractivity contribution in [3.05, 3.63) is 0 Å². The van der Waals surface area contributed by atoms with E-state index in [1.54, 1.807) is 7.11 Å². The summed E-state index contributed by atoms with van der Waals surface area (Å²) in [6.07, 6.45) is 2.13. The highest BCUT2D eigenvalue weighted by Gasteiger charge is 2.30. The highest BCUT2D eigenvalue weighted by atomic mass is 32.2. The molecule has 4 heteroatoms. The Hall–Kier alpha value is 0.230. The van der Waals surface area contributed by atoms with Crippen LogP contribution < -0.4 is 5.32 Å². The minimum atomic E-state index is -0.0240. The van der Waals surface area contributed by atoms with Crippen molar-refractivity contribution >= 4 is 11.8 Å². The number of aliphatic hydroxyl groups is 1. The first kappa shape index (κ1) is 11.3. The van der Waals surface area contributed by atoms with E-state index in [-0.39, 0.29) is 12.1 Å². The van der Waals surface area contributed by atoms with Crippen molar-refractivity contribution in [1.82, 2.24) is 5.32 Å². The van der Waals surface area contributed by atoms with Crippen LogP contribution >= 0.6 is 11.8 Å². The standard InChI is InChI=1S/C9H19NO2S/c1-12-5-4-10-9(8-11)2-6-13-7-3-9/h10-11H,2-8H2,1H3. The molecule has 1 aliphatic rings. The summed E-state index contributed by atoms with van der Waals surface area (Å²) in [5.74, 6) is 2.31. The maximum atomic E-state index is 9.33. The van der Waals surface area contributed by atoms with Crippen molar-refractivity contribution in [3.8, 4) is 0 Å². The second-order valence-corrected chi connectivity index (χ2v) is 4.70. The van der Waals surface area contributed by atoms with Crippen LogP contribution in [0.2, 0.25) is 0 Å². The Morgan fingerprint density at radius 3 is 2.69 bits per heavy atom. The zero-order chi connectivity index (χ0) is 9.57. The molecule has 0 aromatic heterocycles. The molecule has 1 rings (SSSR count). The van der Waals surface area contributed by atoms with Gasteiger partial charge in [-0.05, 0) is 24.3 Å². The molecule has 3 nitrogen and oxygen atoms in total. The Morgan fingerprint density at radius 1 is 1.46 bits per heavy atom. The third-order valence-electron chi connectivity index (χ3n) is 2.56. The molecule has 0 aliphatic carbocycles. The van der Waals surface area contributed by atoms with E-state index in [0.29, 0.717) is 0 Å². The van der Waals surface area contributed by atoms with Gasteiger partial charge in [0.05, 0.1) is 13.2 Å². The number of thioether (sulfide) groups is 1. The van der Waals surface area contributed by atoms with Gasteiger partial charge >= 0.3 is 0 Å². The third kappa shape index (κ3) is 3.46. The van der Waals surface area contributed by atoms with Crippen molar-refractivity contribution in [1.29, 1.82) is 0 Å². The molecule has 0 saturated carbocycles. The lowest BCUT2D eigenvalue weighted by Crippen LogP contribution is -2.52. The Morgan fingerprint density at radius 2 is 2.15 bits per heavy atom. The summed E-state index contributed by atoms with van der Waals surface area (Å²) in [4.78, 5) is 0. The molecular formula is C9H19NO2S. The second-order valence-electron chi connectivity index (χ2n) is 3.47. The fraction of sp³-hybridized carbons (Fsp3) is 1.00. The van der Waals surface area contributed by atoms with Gasteiger partial charge in [0.25, 0.3) is 0 Å². The molecule has 1 saturated heterocycles. The van der Waals surface area contributed by atoms with E-state index in [4.69, 9.17) is 4.74 Å². The van der Waals surface area contributed by atoms with Gasteiger partial charge in [-0.2, -0.15) is 11.8 Å². The Kier molecular flexibility index (Phi) is 5.09. The normalized spacial score (nSPS) is 21.7. The van der Waals surface area contributed by atoms with E-state index in [9.17, 15) is 5.11 Å². The molecule has 0 atom stereocenters. The van der Waals surface area contributed by atoms with Gasteiger partial charge in [-0.3, -0.25) is 0 Å². The monoisotopic (exact) mass is 205 g/mol. The quantitative estimate of drug-likeness (QED) is 0.641. The van der Waals surface area contributed by atoms with Gasteiger partial charge in [0, 0.05) is 19.2 Å². The predicted molar refractivity (Wildman–Crippen MR) is 56.3 cm³/mol. The number of aliphatic hydroxyl groups excluding tert-OH is 1. The van der Waals surface area contributed by atoms with Crippen LogP contribution in [0.3, 0.4) is 0 Å². The lowest BCUT2D eigenvalue weighted by Gasteiger charge is -2.36. The van der Waals surface area contributed by atoms with E-state index in [1.165, 1.54) is 0 Å². The number of hydrogen-bond acceptors (Lipinski definition) is 4. The molecule has 0 bridgehead atoms. The van der Waals surface area contributed by atoms with Crippen LogP contribution in [-0.4, -0.2) is 49.0 Å². The fourth-order valence-electron chi connectivity index (χ4n) is 1.57. The summed E-state index contributed by atoms with van der Waals surface area (Å²) >= 11 is 1.97. The van der Waals surface area contributed by atoms with Crippen molar-refractivity contribution < 1.29 is 9.84 Å². The lowest BCUT2D eigenvalue weighted by molar-refractivity contribution is 0.131. The van der Waals surface area contributed by atoms with Gasteiger partial charge in [-0.1, -0.05) is 0 Å². The predicted octanol–water partition coefficient (Wildman–Crippen LogP) is 0.480. The molecule has 1 aliphatic heterocycles. The van der Waals surface area contributed by atoms with E-state index in [2.05, 4.69) is 5.32 Å². The van der Waals surface area contributed by atoms with Crippen molar-refractivity contribution in [2.45, 2.75) is 18.4 Å². The van der Waals surface area contributed by atoms with Crippen molar-refractivity contribution in [2.24, 2.45) is 0 Å². The molecule has 0 amide bonds. The number of rotatable bonds is 5. The van der Waals surface area contributed by atoms with Gasteiger partial charge in [-0.25, -0.2) is 0 Å². The Balaban J connectivity index is 2.29. The summed E-state index contributed by atoms with van der Waals surface area (Å²) in [7, 11) is 1.70. The van der Waals surface area contributed by atoms with E-state index in [0.717, 1.165) is 37.5 Å². The molecule has 2 N–H and O–H groups in total. The van der Waals surface area contributed by atoms with E-state index in [1.807, 2.05) is 11.8 Å². The number of nitrogens with one attached hydrogen (secondary N) is 1. The summed E-state index contributed by atoms with van der Waals surface area (Å²) in [6.45, 7) is 1.80. The number of ether oxygens (including phenoxy) is 1. The molecular weight excluding hydrogens is 186 g/mol. The van der Waals surface area contributed by atoms with Crippen molar-refractivity contribution in [3.63, 3.8) is 0 Å². The third-order valence-corrected chi connectivity index (χ3v) is 3.54. The van der Waals surface area contributed by atoms with Gasteiger partial charge in [0.1, 0.15) is 0 Å². The molecule has 78 valence electrons. The second kappa shape index (κ2) is 5.86. The average Bonchev–Trinajstić information content (AvgIpc) is 2.20. The first-order chi connectivity index (χ1) is 6.33. The molecule has 0 aromatic carbocycles. The Labute approximate surface area is 84.2 Å². The molecule has 13 heavy (non-hydrogen) atoms. The van der Waals surface area contributed by atoms with Gasteiger partial charge < -0.3 is 15.2 Å². The SMILES string of the molecule is COCCNC1(CO)CCSCC1. The van der Waals surface area contributed by atoms with Crippen LogP contribution in [-0.2, 0) is 4.74 Å². The van der Waals surface area contributed by atoms with Gasteiger partial charge in [0.15, 0.2) is 0 Å². The highest BCUT2D eigenvalue weighted by molar-refractivity contribution is 7.99. The minimum Gasteiger partial charge on any atom is -0.394 e. The maximum absolute atomic E-state index is 9.33. The molecule has 1 fully saturated rings. The van der Waals surface area contributed by atoms with E-state index < -0.39 is 0 Å². The van der Waals surface area contributed by atoms with Gasteiger partial charge in [0.2, 0.25) is 0 Å². The number of hydrogen-bond donors (Lipinski definition) is 2. The summed E-state index contributed by atoms with van der Waals surface area (Å²) in [6, 6.07) is 0. The number of methoxy groups -OCH3 is 1. The lowest BCUT2D eigenvalue weighted by atomic mass is 9.93. The minimum absolute atomic E-state index is 0.0240. The zero-order valence-electron chi connectivity index (χ0n) is 8.21.